The number of β-lactam (4-membered cyclic amide) rings is 1. The topological polar surface area (TPSA) is 84.5 Å². The van der Waals surface area contributed by atoms with Gasteiger partial charge in [0.25, 0.3) is 0 Å². The van der Waals surface area contributed by atoms with Crippen LogP contribution in [0.3, 0.4) is 0 Å². The Morgan fingerprint density at radius 3 is 2.58 bits per heavy atom. The highest BCUT2D eigenvalue weighted by molar-refractivity contribution is 6.03. The third-order valence-corrected chi connectivity index (χ3v) is 2.84. The molecular weight excluding hydrogens is 248 g/mol. The van der Waals surface area contributed by atoms with Gasteiger partial charge in [0.15, 0.2) is 5.78 Å². The minimum Gasteiger partial charge on any atom is -0.445 e. The van der Waals surface area contributed by atoms with Gasteiger partial charge in [-0.1, -0.05) is 30.3 Å². The molecule has 0 spiro atoms. The monoisotopic (exact) mass is 262 g/mol. The molecule has 0 unspecified atom stereocenters. The highest BCUT2D eigenvalue weighted by Crippen LogP contribution is 2.08. The van der Waals surface area contributed by atoms with Crippen LogP contribution in [0, 0.1) is 0 Å². The average Bonchev–Trinajstić information content (AvgIpc) is 2.40. The van der Waals surface area contributed by atoms with E-state index in [4.69, 9.17) is 4.74 Å². The fraction of sp³-hybridized carbons (Fsp3) is 0.308. The summed E-state index contributed by atoms with van der Waals surface area (Å²) < 4.78 is 4.97. The highest BCUT2D eigenvalue weighted by atomic mass is 16.5. The number of amides is 2. The number of benzene rings is 1. The number of carbonyl (C=O) groups excluding carboxylic acids is 3. The summed E-state index contributed by atoms with van der Waals surface area (Å²) >= 11 is 0. The van der Waals surface area contributed by atoms with E-state index in [1.165, 1.54) is 6.92 Å². The Bertz CT molecular complexity index is 501. The molecule has 2 amide bonds. The largest absolute Gasteiger partial charge is 0.445 e. The minimum atomic E-state index is -0.833. The van der Waals surface area contributed by atoms with Crippen LogP contribution in [0.15, 0.2) is 30.3 Å². The summed E-state index contributed by atoms with van der Waals surface area (Å²) in [6.07, 6.45) is -0.713. The maximum absolute atomic E-state index is 11.5. The molecule has 19 heavy (non-hydrogen) atoms. The van der Waals surface area contributed by atoms with Crippen molar-refractivity contribution in [2.45, 2.75) is 25.6 Å². The summed E-state index contributed by atoms with van der Waals surface area (Å²) in [7, 11) is 0. The van der Waals surface area contributed by atoms with Gasteiger partial charge < -0.3 is 15.4 Å². The molecular formula is C13H14N2O4. The lowest BCUT2D eigenvalue weighted by atomic mass is 9.96. The van der Waals surface area contributed by atoms with E-state index < -0.39 is 18.2 Å². The third-order valence-electron chi connectivity index (χ3n) is 2.84. The molecule has 1 saturated heterocycles. The molecule has 1 aromatic carbocycles. The van der Waals surface area contributed by atoms with Crippen molar-refractivity contribution in [1.29, 1.82) is 0 Å². The van der Waals surface area contributed by atoms with Crippen molar-refractivity contribution in [2.75, 3.05) is 0 Å². The Labute approximate surface area is 110 Å². The number of alkyl carbamates (subject to hydrolysis) is 1. The lowest BCUT2D eigenvalue weighted by Gasteiger charge is -2.34. The number of rotatable bonds is 4. The maximum atomic E-state index is 11.5. The fourth-order valence-corrected chi connectivity index (χ4v) is 1.76. The standard InChI is InChI=1S/C13H14N2O4/c1-8(16)10-11(12(17)14-10)15-13(18)19-7-9-5-3-2-4-6-9/h2-6,10-11H,7H2,1H3,(H,14,17)(H,15,18)/t10-,11+/m0/s1. The van der Waals surface area contributed by atoms with Crippen LogP contribution < -0.4 is 10.6 Å². The Balaban J connectivity index is 1.81. The molecule has 2 atom stereocenters. The predicted octanol–water partition coefficient (Wildman–Crippen LogP) is 0.369. The maximum Gasteiger partial charge on any atom is 0.408 e. The van der Waals surface area contributed by atoms with Crippen molar-refractivity contribution >= 4 is 17.8 Å². The van der Waals surface area contributed by atoms with Crippen LogP contribution in [0.4, 0.5) is 4.79 Å². The van der Waals surface area contributed by atoms with Crippen molar-refractivity contribution in [2.24, 2.45) is 0 Å². The Morgan fingerprint density at radius 2 is 2.00 bits per heavy atom. The molecule has 1 aliphatic heterocycles. The number of hydrogen-bond donors (Lipinski definition) is 2. The van der Waals surface area contributed by atoms with E-state index in [2.05, 4.69) is 10.6 Å². The first-order valence-electron chi connectivity index (χ1n) is 5.86. The van der Waals surface area contributed by atoms with Gasteiger partial charge in [0.05, 0.1) is 0 Å². The quantitative estimate of drug-likeness (QED) is 0.768. The van der Waals surface area contributed by atoms with Crippen molar-refractivity contribution in [3.8, 4) is 0 Å². The Hall–Kier alpha value is -2.37. The van der Waals surface area contributed by atoms with Gasteiger partial charge in [-0.05, 0) is 12.5 Å². The molecule has 1 fully saturated rings. The zero-order valence-corrected chi connectivity index (χ0v) is 10.4. The number of nitrogens with one attached hydrogen (secondary N) is 2. The van der Waals surface area contributed by atoms with Crippen molar-refractivity contribution in [3.05, 3.63) is 35.9 Å². The summed E-state index contributed by atoms with van der Waals surface area (Å²) in [6, 6.07) is 7.68. The highest BCUT2D eigenvalue weighted by Gasteiger charge is 2.43. The van der Waals surface area contributed by atoms with Gasteiger partial charge in [0.2, 0.25) is 5.91 Å². The van der Waals surface area contributed by atoms with E-state index in [-0.39, 0.29) is 18.3 Å². The first-order chi connectivity index (χ1) is 9.08. The second kappa shape index (κ2) is 5.51. The molecule has 6 nitrogen and oxygen atoms in total. The summed E-state index contributed by atoms with van der Waals surface area (Å²) in [5, 5.41) is 4.79. The van der Waals surface area contributed by atoms with Gasteiger partial charge in [0.1, 0.15) is 18.7 Å². The molecule has 1 heterocycles. The second-order valence-corrected chi connectivity index (χ2v) is 4.28. The van der Waals surface area contributed by atoms with Gasteiger partial charge in [0, 0.05) is 0 Å². The van der Waals surface area contributed by atoms with E-state index in [0.717, 1.165) is 5.56 Å². The summed E-state index contributed by atoms with van der Waals surface area (Å²) in [4.78, 5) is 33.9. The van der Waals surface area contributed by atoms with Crippen LogP contribution in [0.1, 0.15) is 12.5 Å². The third kappa shape index (κ3) is 3.09. The number of Topliss-reactive ketones (excluding diaryl/α,β-unsaturated/α-hetero) is 1. The first-order valence-corrected chi connectivity index (χ1v) is 5.86. The van der Waals surface area contributed by atoms with Crippen LogP contribution in [-0.2, 0) is 20.9 Å². The van der Waals surface area contributed by atoms with Gasteiger partial charge in [-0.3, -0.25) is 9.59 Å². The predicted molar refractivity (Wildman–Crippen MR) is 66.2 cm³/mol. The van der Waals surface area contributed by atoms with E-state index in [9.17, 15) is 14.4 Å². The van der Waals surface area contributed by atoms with Crippen LogP contribution >= 0.6 is 0 Å². The molecule has 1 aromatic rings. The summed E-state index contributed by atoms with van der Waals surface area (Å²) in [5.74, 6) is -0.579. The molecule has 0 aliphatic carbocycles. The molecule has 100 valence electrons. The Morgan fingerprint density at radius 1 is 1.32 bits per heavy atom. The van der Waals surface area contributed by atoms with Crippen LogP contribution in [0.5, 0.6) is 0 Å². The molecule has 0 aromatic heterocycles. The lowest BCUT2D eigenvalue weighted by molar-refractivity contribution is -0.138. The van der Waals surface area contributed by atoms with E-state index in [1.54, 1.807) is 0 Å². The lowest BCUT2D eigenvalue weighted by Crippen LogP contribution is -2.71. The van der Waals surface area contributed by atoms with E-state index in [0.29, 0.717) is 0 Å². The van der Waals surface area contributed by atoms with Crippen molar-refractivity contribution in [1.82, 2.24) is 10.6 Å². The molecule has 0 saturated carbocycles. The van der Waals surface area contributed by atoms with Crippen LogP contribution in [-0.4, -0.2) is 29.9 Å². The van der Waals surface area contributed by atoms with Crippen LogP contribution in [0.2, 0.25) is 0 Å². The van der Waals surface area contributed by atoms with E-state index >= 15 is 0 Å². The van der Waals surface area contributed by atoms with Gasteiger partial charge in [-0.2, -0.15) is 0 Å². The second-order valence-electron chi connectivity index (χ2n) is 4.28. The molecule has 1 aliphatic rings. The Kier molecular flexibility index (Phi) is 3.79. The SMILES string of the molecule is CC(=O)[C@@H]1NC(=O)[C@@H]1NC(=O)OCc1ccccc1. The van der Waals surface area contributed by atoms with Gasteiger partial charge in [-0.25, -0.2) is 4.79 Å². The number of ketones is 1. The van der Waals surface area contributed by atoms with E-state index in [1.807, 2.05) is 30.3 Å². The van der Waals surface area contributed by atoms with Crippen molar-refractivity contribution in [3.63, 3.8) is 0 Å². The molecule has 2 N–H and O–H groups in total. The molecule has 0 bridgehead atoms. The minimum absolute atomic E-state index is 0.117. The summed E-state index contributed by atoms with van der Waals surface area (Å²) in [6.45, 7) is 1.47. The fourth-order valence-electron chi connectivity index (χ4n) is 1.76. The van der Waals surface area contributed by atoms with Gasteiger partial charge >= 0.3 is 6.09 Å². The number of ether oxygens (including phenoxy) is 1. The zero-order valence-electron chi connectivity index (χ0n) is 10.4. The number of carbonyl (C=O) groups is 3. The molecule has 6 heteroatoms. The average molecular weight is 262 g/mol. The zero-order chi connectivity index (χ0) is 13.8. The molecule has 2 rings (SSSR count). The molecule has 0 radical (unpaired) electrons. The van der Waals surface area contributed by atoms with Crippen molar-refractivity contribution < 1.29 is 19.1 Å². The normalized spacial score (nSPS) is 21.0. The van der Waals surface area contributed by atoms with Gasteiger partial charge in [-0.15, -0.1) is 0 Å². The van der Waals surface area contributed by atoms with Crippen LogP contribution in [0.25, 0.3) is 0 Å². The smallest absolute Gasteiger partial charge is 0.408 e. The first kappa shape index (κ1) is 13.1. The summed E-state index contributed by atoms with van der Waals surface area (Å²) in [5.41, 5.74) is 0.846. The number of hydrogen-bond acceptors (Lipinski definition) is 4.